The zero-order valence-electron chi connectivity index (χ0n) is 15.3. The molecule has 1 fully saturated rings. The van der Waals surface area contributed by atoms with E-state index in [0.29, 0.717) is 42.3 Å². The van der Waals surface area contributed by atoms with Crippen molar-refractivity contribution in [3.63, 3.8) is 0 Å². The lowest BCUT2D eigenvalue weighted by atomic mass is 9.82. The fraction of sp³-hybridized carbons (Fsp3) is 0.333. The number of alkyl halides is 3. The second kappa shape index (κ2) is 7.06. The molecule has 0 radical (unpaired) electrons. The molecule has 29 heavy (non-hydrogen) atoms. The number of nitrogens with zero attached hydrogens (tertiary/aromatic N) is 1. The van der Waals surface area contributed by atoms with Gasteiger partial charge in [-0.05, 0) is 42.5 Å². The highest BCUT2D eigenvalue weighted by molar-refractivity contribution is 6.31. The molecule has 152 valence electrons. The minimum Gasteiger partial charge on any atom is -0.486 e. The average molecular weight is 424 g/mol. The van der Waals surface area contributed by atoms with Crippen LogP contribution < -0.4 is 4.74 Å². The molecule has 0 atom stereocenters. The Morgan fingerprint density at radius 3 is 2.34 bits per heavy atom. The van der Waals surface area contributed by atoms with E-state index in [9.17, 15) is 22.8 Å². The van der Waals surface area contributed by atoms with Crippen molar-refractivity contribution in [3.05, 3.63) is 64.2 Å². The SMILES string of the molecule is O=C1CC2(CCN(C(=O)c3ccc(C(F)(F)F)cc3)CC2)Oc2ccc(Cl)cc21. The highest BCUT2D eigenvalue weighted by atomic mass is 35.5. The number of hydrogen-bond acceptors (Lipinski definition) is 3. The predicted molar refractivity (Wildman–Crippen MR) is 100 cm³/mol. The minimum absolute atomic E-state index is 0.0451. The van der Waals surface area contributed by atoms with Crippen LogP contribution in [0.15, 0.2) is 42.5 Å². The summed E-state index contributed by atoms with van der Waals surface area (Å²) in [6.07, 6.45) is -3.30. The summed E-state index contributed by atoms with van der Waals surface area (Å²) in [4.78, 5) is 26.8. The Morgan fingerprint density at radius 2 is 1.72 bits per heavy atom. The van der Waals surface area contributed by atoms with E-state index in [2.05, 4.69) is 0 Å². The number of carbonyl (C=O) groups is 2. The summed E-state index contributed by atoms with van der Waals surface area (Å²) in [7, 11) is 0. The third-order valence-corrected chi connectivity index (χ3v) is 5.71. The molecule has 2 heterocycles. The Hall–Kier alpha value is -2.54. The number of amides is 1. The van der Waals surface area contributed by atoms with Crippen LogP contribution in [0.5, 0.6) is 5.75 Å². The van der Waals surface area contributed by atoms with E-state index in [1.807, 2.05) is 0 Å². The van der Waals surface area contributed by atoms with Crippen LogP contribution in [0.1, 0.15) is 45.5 Å². The van der Waals surface area contributed by atoms with Crippen LogP contribution in [0.4, 0.5) is 13.2 Å². The summed E-state index contributed by atoms with van der Waals surface area (Å²) in [5.41, 5.74) is -0.796. The van der Waals surface area contributed by atoms with Crippen LogP contribution >= 0.6 is 11.6 Å². The smallest absolute Gasteiger partial charge is 0.416 e. The molecular formula is C21H17ClF3NO3. The standard InChI is InChI=1S/C21H17ClF3NO3/c22-15-5-6-18-16(11-15)17(27)12-20(29-18)7-9-26(10-8-20)19(28)13-1-3-14(4-2-13)21(23,24)25/h1-6,11H,7-10,12H2. The number of ketones is 1. The predicted octanol–water partition coefficient (Wildman–Crippen LogP) is 5.00. The van der Waals surface area contributed by atoms with Crippen molar-refractivity contribution in [1.29, 1.82) is 0 Å². The van der Waals surface area contributed by atoms with Gasteiger partial charge in [-0.2, -0.15) is 13.2 Å². The van der Waals surface area contributed by atoms with E-state index in [4.69, 9.17) is 16.3 Å². The van der Waals surface area contributed by atoms with Gasteiger partial charge in [0.1, 0.15) is 11.4 Å². The van der Waals surface area contributed by atoms with E-state index in [0.717, 1.165) is 12.1 Å². The molecule has 0 unspecified atom stereocenters. The van der Waals surface area contributed by atoms with Gasteiger partial charge in [-0.25, -0.2) is 0 Å². The average Bonchev–Trinajstić information content (AvgIpc) is 2.68. The molecule has 2 aromatic rings. The quantitative estimate of drug-likeness (QED) is 0.648. The Labute approximate surface area is 170 Å². The van der Waals surface area contributed by atoms with Crippen LogP contribution in [0.2, 0.25) is 5.02 Å². The Balaban J connectivity index is 1.45. The van der Waals surface area contributed by atoms with Crippen molar-refractivity contribution < 1.29 is 27.5 Å². The van der Waals surface area contributed by atoms with E-state index in [1.165, 1.54) is 12.1 Å². The van der Waals surface area contributed by atoms with Crippen molar-refractivity contribution >= 4 is 23.3 Å². The summed E-state index contributed by atoms with van der Waals surface area (Å²) < 4.78 is 44.2. The maximum atomic E-state index is 12.7. The van der Waals surface area contributed by atoms with Gasteiger partial charge in [0.25, 0.3) is 5.91 Å². The Bertz CT molecular complexity index is 964. The number of fused-ring (bicyclic) bond motifs is 1. The monoisotopic (exact) mass is 423 g/mol. The fourth-order valence-corrected chi connectivity index (χ4v) is 4.02. The van der Waals surface area contributed by atoms with Crippen LogP contribution in [-0.4, -0.2) is 35.3 Å². The van der Waals surface area contributed by atoms with Gasteiger partial charge in [0, 0.05) is 36.5 Å². The van der Waals surface area contributed by atoms with Gasteiger partial charge in [0.05, 0.1) is 17.5 Å². The normalized spacial score (nSPS) is 18.3. The van der Waals surface area contributed by atoms with Crippen molar-refractivity contribution in [1.82, 2.24) is 4.90 Å². The van der Waals surface area contributed by atoms with Gasteiger partial charge in [-0.1, -0.05) is 11.6 Å². The maximum Gasteiger partial charge on any atom is 0.416 e. The molecule has 4 rings (SSSR count). The molecule has 0 bridgehead atoms. The summed E-state index contributed by atoms with van der Waals surface area (Å²) in [6.45, 7) is 0.714. The molecule has 0 N–H and O–H groups in total. The zero-order chi connectivity index (χ0) is 20.8. The third-order valence-electron chi connectivity index (χ3n) is 5.47. The molecule has 0 saturated carbocycles. The molecule has 1 spiro atoms. The summed E-state index contributed by atoms with van der Waals surface area (Å²) in [5.74, 6) is 0.118. The van der Waals surface area contributed by atoms with Gasteiger partial charge in [-0.15, -0.1) is 0 Å². The molecular weight excluding hydrogens is 407 g/mol. The van der Waals surface area contributed by atoms with Gasteiger partial charge in [-0.3, -0.25) is 9.59 Å². The second-order valence-electron chi connectivity index (χ2n) is 7.39. The lowest BCUT2D eigenvalue weighted by Crippen LogP contribution is -2.52. The number of carbonyl (C=O) groups excluding carboxylic acids is 2. The first-order valence-electron chi connectivity index (χ1n) is 9.15. The van der Waals surface area contributed by atoms with Gasteiger partial charge < -0.3 is 9.64 Å². The number of piperidine rings is 1. The first-order valence-corrected chi connectivity index (χ1v) is 9.53. The molecule has 2 aliphatic rings. The number of ether oxygens (including phenoxy) is 1. The van der Waals surface area contributed by atoms with Crippen LogP contribution in [0, 0.1) is 0 Å². The largest absolute Gasteiger partial charge is 0.486 e. The minimum atomic E-state index is -4.44. The van der Waals surface area contributed by atoms with Crippen molar-refractivity contribution in [2.75, 3.05) is 13.1 Å². The van der Waals surface area contributed by atoms with Crippen LogP contribution in [-0.2, 0) is 6.18 Å². The van der Waals surface area contributed by atoms with Gasteiger partial charge >= 0.3 is 6.18 Å². The van der Waals surface area contributed by atoms with Crippen molar-refractivity contribution in [2.24, 2.45) is 0 Å². The highest BCUT2D eigenvalue weighted by Crippen LogP contribution is 2.40. The Kier molecular flexibility index (Phi) is 4.81. The second-order valence-corrected chi connectivity index (χ2v) is 7.83. The first kappa shape index (κ1) is 19.8. The van der Waals surface area contributed by atoms with Crippen molar-refractivity contribution in [3.8, 4) is 5.75 Å². The summed E-state index contributed by atoms with van der Waals surface area (Å²) in [6, 6.07) is 9.13. The first-order chi connectivity index (χ1) is 13.7. The number of hydrogen-bond donors (Lipinski definition) is 0. The number of likely N-dealkylation sites (tertiary alicyclic amines) is 1. The molecule has 0 aliphatic carbocycles. The number of Topliss-reactive ketones (excluding diaryl/α,β-unsaturated/α-hetero) is 1. The third kappa shape index (κ3) is 3.83. The van der Waals surface area contributed by atoms with E-state index >= 15 is 0 Å². The number of halogens is 4. The van der Waals surface area contributed by atoms with Crippen molar-refractivity contribution in [2.45, 2.75) is 31.0 Å². The van der Waals surface area contributed by atoms with E-state index in [1.54, 1.807) is 23.1 Å². The zero-order valence-corrected chi connectivity index (χ0v) is 16.0. The van der Waals surface area contributed by atoms with Crippen LogP contribution in [0.3, 0.4) is 0 Å². The highest BCUT2D eigenvalue weighted by Gasteiger charge is 2.43. The lowest BCUT2D eigenvalue weighted by Gasteiger charge is -2.44. The van der Waals surface area contributed by atoms with Crippen LogP contribution in [0.25, 0.3) is 0 Å². The van der Waals surface area contributed by atoms with Gasteiger partial charge in [0.15, 0.2) is 5.78 Å². The van der Waals surface area contributed by atoms with E-state index in [-0.39, 0.29) is 23.7 Å². The lowest BCUT2D eigenvalue weighted by molar-refractivity contribution is -0.137. The molecule has 4 nitrogen and oxygen atoms in total. The molecule has 0 aromatic heterocycles. The molecule has 1 saturated heterocycles. The molecule has 1 amide bonds. The molecule has 2 aliphatic heterocycles. The fourth-order valence-electron chi connectivity index (χ4n) is 3.85. The number of rotatable bonds is 1. The maximum absolute atomic E-state index is 12.7. The van der Waals surface area contributed by atoms with E-state index < -0.39 is 17.3 Å². The molecule has 8 heteroatoms. The topological polar surface area (TPSA) is 46.6 Å². The summed E-state index contributed by atoms with van der Waals surface area (Å²) in [5, 5.41) is 0.466. The van der Waals surface area contributed by atoms with Gasteiger partial charge in [0.2, 0.25) is 0 Å². The molecule has 2 aromatic carbocycles. The number of benzene rings is 2. The summed E-state index contributed by atoms with van der Waals surface area (Å²) >= 11 is 5.95. The Morgan fingerprint density at radius 1 is 1.07 bits per heavy atom.